The highest BCUT2D eigenvalue weighted by molar-refractivity contribution is 6.49. The van der Waals surface area contributed by atoms with Crippen LogP contribution in [0.15, 0.2) is 30.3 Å². The number of nitrogens with zero attached hydrogens (tertiary/aromatic N) is 1. The van der Waals surface area contributed by atoms with Crippen LogP contribution in [0.2, 0.25) is 0 Å². The van der Waals surface area contributed by atoms with E-state index in [1.807, 2.05) is 30.3 Å². The first-order valence-corrected chi connectivity index (χ1v) is 6.79. The molecule has 2 unspecified atom stereocenters. The van der Waals surface area contributed by atoms with Crippen molar-refractivity contribution in [3.8, 4) is 0 Å². The number of benzene rings is 1. The summed E-state index contributed by atoms with van der Waals surface area (Å²) in [5.74, 6) is -0.718. The molecule has 1 aromatic carbocycles. The van der Waals surface area contributed by atoms with E-state index in [0.717, 1.165) is 25.2 Å². The molecular weight excluding hydrogens is 240 g/mol. The fraction of sp³-hybridized carbons (Fsp3) is 0.467. The maximum atomic E-state index is 11.9. The SMILES string of the molecule is C[C@H]1CN(C2C(=O)C(=O)C2c2ccccc2)CCN1. The fourth-order valence-electron chi connectivity index (χ4n) is 3.08. The Morgan fingerprint density at radius 2 is 1.89 bits per heavy atom. The van der Waals surface area contributed by atoms with Crippen molar-refractivity contribution in [1.29, 1.82) is 0 Å². The first-order valence-electron chi connectivity index (χ1n) is 6.79. The second-order valence-corrected chi connectivity index (χ2v) is 5.41. The lowest BCUT2D eigenvalue weighted by molar-refractivity contribution is -0.151. The van der Waals surface area contributed by atoms with Crippen molar-refractivity contribution >= 4 is 11.6 Å². The van der Waals surface area contributed by atoms with E-state index in [2.05, 4.69) is 17.1 Å². The lowest BCUT2D eigenvalue weighted by Crippen LogP contribution is -2.64. The maximum Gasteiger partial charge on any atom is 0.217 e. The van der Waals surface area contributed by atoms with Crippen molar-refractivity contribution in [1.82, 2.24) is 10.2 Å². The van der Waals surface area contributed by atoms with Crippen LogP contribution in [0.1, 0.15) is 18.4 Å². The third-order valence-electron chi connectivity index (χ3n) is 4.06. The fourth-order valence-corrected chi connectivity index (χ4v) is 3.08. The van der Waals surface area contributed by atoms with Crippen LogP contribution >= 0.6 is 0 Å². The van der Waals surface area contributed by atoms with E-state index in [-0.39, 0.29) is 23.5 Å². The van der Waals surface area contributed by atoms with Crippen LogP contribution in [-0.2, 0) is 9.59 Å². The molecule has 0 spiro atoms. The second kappa shape index (κ2) is 4.87. The summed E-state index contributed by atoms with van der Waals surface area (Å²) in [5.41, 5.74) is 0.961. The van der Waals surface area contributed by atoms with Gasteiger partial charge in [0.15, 0.2) is 0 Å². The molecule has 1 saturated heterocycles. The lowest BCUT2D eigenvalue weighted by Gasteiger charge is -2.44. The molecule has 1 aliphatic carbocycles. The summed E-state index contributed by atoms with van der Waals surface area (Å²) in [6.45, 7) is 4.64. The lowest BCUT2D eigenvalue weighted by atomic mass is 9.71. The van der Waals surface area contributed by atoms with Gasteiger partial charge in [-0.05, 0) is 12.5 Å². The average molecular weight is 258 g/mol. The van der Waals surface area contributed by atoms with Gasteiger partial charge in [0.2, 0.25) is 11.6 Å². The number of hydrogen-bond acceptors (Lipinski definition) is 4. The van der Waals surface area contributed by atoms with E-state index >= 15 is 0 Å². The zero-order valence-electron chi connectivity index (χ0n) is 11.0. The molecule has 0 amide bonds. The molecule has 1 saturated carbocycles. The van der Waals surface area contributed by atoms with Crippen LogP contribution < -0.4 is 5.32 Å². The van der Waals surface area contributed by atoms with E-state index in [1.165, 1.54) is 0 Å². The average Bonchev–Trinajstić information content (AvgIpc) is 2.44. The van der Waals surface area contributed by atoms with Gasteiger partial charge in [0.05, 0.1) is 12.0 Å². The van der Waals surface area contributed by atoms with Crippen molar-refractivity contribution in [2.45, 2.75) is 24.9 Å². The standard InChI is InChI=1S/C15H18N2O2/c1-10-9-17(8-7-16-10)13-12(14(18)15(13)19)11-5-3-2-4-6-11/h2-6,10,12-13,16H,7-9H2,1H3/t10-,12?,13?/m0/s1. The Labute approximate surface area is 112 Å². The zero-order valence-corrected chi connectivity index (χ0v) is 11.0. The van der Waals surface area contributed by atoms with Crippen LogP contribution in [0.3, 0.4) is 0 Å². The van der Waals surface area contributed by atoms with E-state index in [1.54, 1.807) is 0 Å². The van der Waals surface area contributed by atoms with E-state index < -0.39 is 0 Å². The Morgan fingerprint density at radius 3 is 2.58 bits per heavy atom. The van der Waals surface area contributed by atoms with Crippen molar-refractivity contribution < 1.29 is 9.59 Å². The highest BCUT2D eigenvalue weighted by Gasteiger charge is 2.52. The smallest absolute Gasteiger partial charge is 0.217 e. The monoisotopic (exact) mass is 258 g/mol. The Kier molecular flexibility index (Phi) is 3.21. The minimum absolute atomic E-state index is 0.219. The molecule has 1 aliphatic heterocycles. The quantitative estimate of drug-likeness (QED) is 0.789. The second-order valence-electron chi connectivity index (χ2n) is 5.41. The summed E-state index contributed by atoms with van der Waals surface area (Å²) in [6.07, 6.45) is 0. The van der Waals surface area contributed by atoms with Gasteiger partial charge in [-0.15, -0.1) is 0 Å². The van der Waals surface area contributed by atoms with Gasteiger partial charge >= 0.3 is 0 Å². The van der Waals surface area contributed by atoms with Gasteiger partial charge < -0.3 is 5.32 Å². The summed E-state index contributed by atoms with van der Waals surface area (Å²) in [6, 6.07) is 9.76. The van der Waals surface area contributed by atoms with Crippen molar-refractivity contribution in [3.05, 3.63) is 35.9 Å². The molecule has 1 aromatic rings. The van der Waals surface area contributed by atoms with Crippen molar-refractivity contribution in [2.75, 3.05) is 19.6 Å². The van der Waals surface area contributed by atoms with Gasteiger partial charge in [-0.2, -0.15) is 0 Å². The maximum absolute atomic E-state index is 11.9. The number of carbonyl (C=O) groups is 2. The number of Topliss-reactive ketones (excluding diaryl/α,β-unsaturated/α-hetero) is 2. The van der Waals surface area contributed by atoms with Crippen LogP contribution in [-0.4, -0.2) is 48.2 Å². The molecular formula is C15H18N2O2. The molecule has 1 heterocycles. The summed E-state index contributed by atoms with van der Waals surface area (Å²) in [7, 11) is 0. The third kappa shape index (κ3) is 2.11. The van der Waals surface area contributed by atoms with Crippen LogP contribution in [0.25, 0.3) is 0 Å². The first-order chi connectivity index (χ1) is 9.18. The molecule has 4 heteroatoms. The number of ketones is 2. The van der Waals surface area contributed by atoms with E-state index in [4.69, 9.17) is 0 Å². The summed E-state index contributed by atoms with van der Waals surface area (Å²) < 4.78 is 0. The molecule has 3 rings (SSSR count). The molecule has 4 nitrogen and oxygen atoms in total. The largest absolute Gasteiger partial charge is 0.312 e. The molecule has 19 heavy (non-hydrogen) atoms. The summed E-state index contributed by atoms with van der Waals surface area (Å²) >= 11 is 0. The Hall–Kier alpha value is -1.52. The van der Waals surface area contributed by atoms with Gasteiger partial charge in [0, 0.05) is 25.7 Å². The Balaban J connectivity index is 1.83. The normalized spacial score (nSPS) is 32.2. The van der Waals surface area contributed by atoms with Gasteiger partial charge in [0.25, 0.3) is 0 Å². The Morgan fingerprint density at radius 1 is 1.16 bits per heavy atom. The van der Waals surface area contributed by atoms with Crippen LogP contribution in [0.5, 0.6) is 0 Å². The topological polar surface area (TPSA) is 49.4 Å². The molecule has 0 radical (unpaired) electrons. The molecule has 2 aliphatic rings. The van der Waals surface area contributed by atoms with Crippen molar-refractivity contribution in [2.24, 2.45) is 0 Å². The number of nitrogens with one attached hydrogen (secondary N) is 1. The summed E-state index contributed by atoms with van der Waals surface area (Å²) in [4.78, 5) is 26.0. The predicted octanol–water partition coefficient (Wildman–Crippen LogP) is 0.584. The number of carbonyl (C=O) groups excluding carboxylic acids is 2. The molecule has 1 N–H and O–H groups in total. The van der Waals surface area contributed by atoms with Crippen LogP contribution in [0.4, 0.5) is 0 Å². The minimum atomic E-state index is -0.265. The van der Waals surface area contributed by atoms with Gasteiger partial charge in [0.1, 0.15) is 0 Å². The molecule has 2 fully saturated rings. The highest BCUT2D eigenvalue weighted by Crippen LogP contribution is 2.35. The predicted molar refractivity (Wildman–Crippen MR) is 72.0 cm³/mol. The van der Waals surface area contributed by atoms with E-state index in [9.17, 15) is 9.59 Å². The number of hydrogen-bond donors (Lipinski definition) is 1. The third-order valence-corrected chi connectivity index (χ3v) is 4.06. The first kappa shape index (κ1) is 12.5. The zero-order chi connectivity index (χ0) is 13.4. The molecule has 3 atom stereocenters. The molecule has 100 valence electrons. The van der Waals surface area contributed by atoms with Crippen LogP contribution in [0, 0.1) is 0 Å². The molecule has 0 aromatic heterocycles. The number of rotatable bonds is 2. The summed E-state index contributed by atoms with van der Waals surface area (Å²) in [5, 5.41) is 3.36. The highest BCUT2D eigenvalue weighted by atomic mass is 16.2. The van der Waals surface area contributed by atoms with Gasteiger partial charge in [-0.3, -0.25) is 14.5 Å². The van der Waals surface area contributed by atoms with Gasteiger partial charge in [-0.25, -0.2) is 0 Å². The van der Waals surface area contributed by atoms with Gasteiger partial charge in [-0.1, -0.05) is 30.3 Å². The van der Waals surface area contributed by atoms with Crippen molar-refractivity contribution in [3.63, 3.8) is 0 Å². The Bertz CT molecular complexity index is 500. The minimum Gasteiger partial charge on any atom is -0.312 e. The number of piperazine rings is 1. The van der Waals surface area contributed by atoms with E-state index in [0.29, 0.717) is 6.04 Å². The molecule has 0 bridgehead atoms.